The molecule has 0 spiro atoms. The van der Waals surface area contributed by atoms with Crippen LogP contribution in [-0.4, -0.2) is 70.0 Å². The first kappa shape index (κ1) is 89.5. The fourth-order valence-electron chi connectivity index (χ4n) is 11.7. The molecule has 0 radical (unpaired) electrons. The average Bonchev–Trinajstić information content (AvgIpc) is 2.14. The number of quaternary nitrogens is 1. The minimum Gasteiger partial charge on any atom is -0.756 e. The highest BCUT2D eigenvalue weighted by molar-refractivity contribution is 7.45. The largest absolute Gasteiger partial charge is 0.756 e. The molecule has 0 aliphatic carbocycles. The Morgan fingerprint density at radius 2 is 0.620 bits per heavy atom. The van der Waals surface area contributed by atoms with Crippen LogP contribution in [0.25, 0.3) is 0 Å². The third-order valence-electron chi connectivity index (χ3n) is 17.7. The predicted molar refractivity (Wildman–Crippen MR) is 397 cm³/mol. The van der Waals surface area contributed by atoms with E-state index in [1.165, 1.54) is 276 Å². The molecule has 0 bridgehead atoms. The van der Waals surface area contributed by atoms with Crippen molar-refractivity contribution in [2.24, 2.45) is 0 Å². The topological polar surface area (TPSA) is 111 Å². The first-order valence-corrected chi connectivity index (χ1v) is 41.1. The number of carbonyl (C=O) groups excluding carboxylic acids is 2. The van der Waals surface area contributed by atoms with Crippen LogP contribution in [0.5, 0.6) is 0 Å². The van der Waals surface area contributed by atoms with Crippen LogP contribution in [0, 0.1) is 0 Å². The minimum absolute atomic E-state index is 0.0314. The number of phosphoric ester groups is 1. The zero-order valence-corrected chi connectivity index (χ0v) is 62.4. The summed E-state index contributed by atoms with van der Waals surface area (Å²) >= 11 is 0. The molecule has 0 saturated carbocycles. The zero-order valence-electron chi connectivity index (χ0n) is 61.5. The minimum atomic E-state index is -4.65. The Bertz CT molecular complexity index is 1780. The molecule has 0 fully saturated rings. The van der Waals surface area contributed by atoms with E-state index in [0.717, 1.165) is 77.0 Å². The van der Waals surface area contributed by atoms with Gasteiger partial charge in [-0.1, -0.05) is 382 Å². The van der Waals surface area contributed by atoms with Crippen LogP contribution in [0.3, 0.4) is 0 Å². The normalized spacial score (nSPS) is 13.4. The van der Waals surface area contributed by atoms with Crippen molar-refractivity contribution < 1.29 is 42.1 Å². The summed E-state index contributed by atoms with van der Waals surface area (Å²) in [5.41, 5.74) is 0. The molecule has 10 heteroatoms. The van der Waals surface area contributed by atoms with E-state index in [-0.39, 0.29) is 32.0 Å². The number of hydrogen-bond donors (Lipinski definition) is 0. The van der Waals surface area contributed by atoms with E-state index in [4.69, 9.17) is 18.5 Å². The molecule has 0 aliphatic heterocycles. The molecular weight excluding hydrogens is 1160 g/mol. The lowest BCUT2D eigenvalue weighted by Crippen LogP contribution is -2.37. The molecule has 2 atom stereocenters. The molecular formula is C82H152NO8P. The number of hydrogen-bond acceptors (Lipinski definition) is 8. The second-order valence-electron chi connectivity index (χ2n) is 28.1. The molecule has 2 unspecified atom stereocenters. The van der Waals surface area contributed by atoms with Gasteiger partial charge in [0.25, 0.3) is 7.82 Å². The number of ether oxygens (including phenoxy) is 2. The van der Waals surface area contributed by atoms with Gasteiger partial charge in [-0.3, -0.25) is 14.2 Å². The molecule has 0 aliphatic rings. The van der Waals surface area contributed by atoms with Crippen molar-refractivity contribution in [2.45, 2.75) is 392 Å². The number of likely N-dealkylation sites (N-methyl/N-ethyl adjacent to an activating group) is 1. The smallest absolute Gasteiger partial charge is 0.306 e. The van der Waals surface area contributed by atoms with Crippen LogP contribution >= 0.6 is 7.82 Å². The van der Waals surface area contributed by atoms with E-state index < -0.39 is 26.5 Å². The van der Waals surface area contributed by atoms with Gasteiger partial charge in [-0.2, -0.15) is 0 Å². The van der Waals surface area contributed by atoms with Crippen LogP contribution in [0.4, 0.5) is 0 Å². The van der Waals surface area contributed by atoms with Crippen molar-refractivity contribution in [3.05, 3.63) is 72.9 Å². The third-order valence-corrected chi connectivity index (χ3v) is 18.7. The van der Waals surface area contributed by atoms with E-state index in [1.807, 2.05) is 21.1 Å². The molecule has 0 N–H and O–H groups in total. The van der Waals surface area contributed by atoms with Crippen molar-refractivity contribution in [1.29, 1.82) is 0 Å². The number of allylic oxidation sites excluding steroid dienone is 12. The van der Waals surface area contributed by atoms with E-state index in [0.29, 0.717) is 17.4 Å². The Hall–Kier alpha value is -2.55. The summed E-state index contributed by atoms with van der Waals surface area (Å²) in [6, 6.07) is 0. The summed E-state index contributed by atoms with van der Waals surface area (Å²) in [6.45, 7) is 4.19. The zero-order chi connectivity index (χ0) is 66.9. The Balaban J connectivity index is 3.93. The van der Waals surface area contributed by atoms with Gasteiger partial charge in [-0.15, -0.1) is 0 Å². The van der Waals surface area contributed by atoms with Crippen LogP contribution in [0.1, 0.15) is 386 Å². The van der Waals surface area contributed by atoms with E-state index in [1.54, 1.807) is 0 Å². The second-order valence-corrected chi connectivity index (χ2v) is 29.5. The van der Waals surface area contributed by atoms with Crippen LogP contribution < -0.4 is 4.89 Å². The molecule has 538 valence electrons. The maximum Gasteiger partial charge on any atom is 0.306 e. The summed E-state index contributed by atoms with van der Waals surface area (Å²) < 4.78 is 34.4. The lowest BCUT2D eigenvalue weighted by atomic mass is 10.0. The van der Waals surface area contributed by atoms with Crippen molar-refractivity contribution in [3.8, 4) is 0 Å². The summed E-state index contributed by atoms with van der Waals surface area (Å²) in [5, 5.41) is 0. The van der Waals surface area contributed by atoms with Gasteiger partial charge in [-0.25, -0.2) is 0 Å². The quantitative estimate of drug-likeness (QED) is 0.0195. The third kappa shape index (κ3) is 76.5. The highest BCUT2D eigenvalue weighted by Gasteiger charge is 2.22. The predicted octanol–water partition coefficient (Wildman–Crippen LogP) is 25.7. The average molecular weight is 1310 g/mol. The van der Waals surface area contributed by atoms with Crippen molar-refractivity contribution in [1.82, 2.24) is 0 Å². The van der Waals surface area contributed by atoms with E-state index in [2.05, 4.69) is 86.8 Å². The maximum atomic E-state index is 12.9. The number of rotatable bonds is 74. The molecule has 9 nitrogen and oxygen atoms in total. The van der Waals surface area contributed by atoms with E-state index in [9.17, 15) is 19.0 Å². The fourth-order valence-corrected chi connectivity index (χ4v) is 12.5. The summed E-state index contributed by atoms with van der Waals surface area (Å²) in [6.07, 6.45) is 98.9. The Morgan fingerprint density at radius 1 is 0.348 bits per heavy atom. The lowest BCUT2D eigenvalue weighted by molar-refractivity contribution is -0.870. The summed E-state index contributed by atoms with van der Waals surface area (Å²) in [5.74, 6) is -0.819. The van der Waals surface area contributed by atoms with Crippen molar-refractivity contribution >= 4 is 19.8 Å². The molecule has 0 aromatic carbocycles. The highest BCUT2D eigenvalue weighted by atomic mass is 31.2. The maximum absolute atomic E-state index is 12.9. The van der Waals surface area contributed by atoms with Gasteiger partial charge in [0, 0.05) is 12.8 Å². The molecule has 92 heavy (non-hydrogen) atoms. The van der Waals surface area contributed by atoms with Crippen LogP contribution in [0.2, 0.25) is 0 Å². The number of unbranched alkanes of at least 4 members (excludes halogenated alkanes) is 48. The molecule has 0 amide bonds. The first-order chi connectivity index (χ1) is 45.0. The van der Waals surface area contributed by atoms with Gasteiger partial charge in [0.05, 0.1) is 27.7 Å². The van der Waals surface area contributed by atoms with Gasteiger partial charge < -0.3 is 27.9 Å². The van der Waals surface area contributed by atoms with Crippen molar-refractivity contribution in [2.75, 3.05) is 47.5 Å². The first-order valence-electron chi connectivity index (χ1n) is 39.6. The van der Waals surface area contributed by atoms with Crippen LogP contribution in [0.15, 0.2) is 72.9 Å². The number of esters is 2. The number of carbonyl (C=O) groups is 2. The van der Waals surface area contributed by atoms with E-state index >= 15 is 0 Å². The standard InChI is InChI=1S/C82H152NO8P/c1-6-8-10-12-14-16-18-20-22-24-26-28-30-32-34-36-38-39-40-41-42-43-45-46-48-50-52-54-56-58-60-62-64-66-68-70-72-74-81(84)88-78-80(79-90-92(86,87)89-77-76-83(3,4)5)91-82(85)75-73-71-69-67-65-63-61-59-57-55-53-51-49-47-44-37-35-33-31-29-27-25-23-21-19-17-15-13-11-9-7-2/h9,11,15,17,21,23,27,29,33,35,44,47,80H,6-8,10,12-14,16,18-20,22,24-26,28,30-32,34,36-43,45-46,48-79H2,1-5H3/b11-9-,17-15-,23-21-,29-27-,35-33-,47-44-. The SMILES string of the molecule is CC/C=C\C/C=C\C/C=C\C/C=C\C/C=C\C/C=C\CCCCCCCCCCCCCCC(=O)OC(COC(=O)CCCCCCCCCCCCCCCCCCCCCCCCCCCCCCCCCCCCCCC)COP(=O)([O-])OCC[N+](C)(C)C. The van der Waals surface area contributed by atoms with Gasteiger partial charge in [-0.05, 0) is 64.2 Å². The molecule has 0 saturated heterocycles. The van der Waals surface area contributed by atoms with Gasteiger partial charge in [0.1, 0.15) is 19.8 Å². The Morgan fingerprint density at radius 3 is 0.924 bits per heavy atom. The van der Waals surface area contributed by atoms with Crippen LogP contribution in [-0.2, 0) is 32.7 Å². The number of nitrogens with zero attached hydrogens (tertiary/aromatic N) is 1. The molecule has 0 heterocycles. The number of phosphoric acid groups is 1. The Labute approximate surface area is 571 Å². The second kappa shape index (κ2) is 72.7. The Kier molecular flexibility index (Phi) is 70.7. The monoisotopic (exact) mass is 1310 g/mol. The highest BCUT2D eigenvalue weighted by Crippen LogP contribution is 2.38. The summed E-state index contributed by atoms with van der Waals surface area (Å²) in [7, 11) is 1.18. The lowest BCUT2D eigenvalue weighted by Gasteiger charge is -2.28. The summed E-state index contributed by atoms with van der Waals surface area (Å²) in [4.78, 5) is 38.2. The van der Waals surface area contributed by atoms with Gasteiger partial charge in [0.2, 0.25) is 0 Å². The van der Waals surface area contributed by atoms with Gasteiger partial charge >= 0.3 is 11.9 Å². The fraction of sp³-hybridized carbons (Fsp3) is 0.829. The molecule has 0 aromatic heterocycles. The molecule has 0 rings (SSSR count). The van der Waals surface area contributed by atoms with Crippen molar-refractivity contribution in [3.63, 3.8) is 0 Å². The van der Waals surface area contributed by atoms with Gasteiger partial charge in [0.15, 0.2) is 6.10 Å². The molecule has 0 aromatic rings.